The first-order valence-electron chi connectivity index (χ1n) is 8.72. The number of nitrogens with zero attached hydrogens (tertiary/aromatic N) is 1. The Kier molecular flexibility index (Phi) is 5.04. The largest absolute Gasteiger partial charge is 0.336 e. The van der Waals surface area contributed by atoms with Gasteiger partial charge < -0.3 is 4.90 Å². The molecule has 3 aromatic rings. The molecule has 0 aliphatic heterocycles. The van der Waals surface area contributed by atoms with Gasteiger partial charge in [0.05, 0.1) is 0 Å². The third-order valence-corrected chi connectivity index (χ3v) is 4.10. The van der Waals surface area contributed by atoms with Crippen molar-refractivity contribution in [1.29, 1.82) is 0 Å². The summed E-state index contributed by atoms with van der Waals surface area (Å²) in [5, 5.41) is 0. The molecule has 1 nitrogen and oxygen atoms in total. The second kappa shape index (κ2) is 7.40. The van der Waals surface area contributed by atoms with Gasteiger partial charge in [-0.1, -0.05) is 72.8 Å². The van der Waals surface area contributed by atoms with E-state index in [0.717, 1.165) is 0 Å². The van der Waals surface area contributed by atoms with E-state index in [4.69, 9.17) is 0 Å². The van der Waals surface area contributed by atoms with Gasteiger partial charge >= 0.3 is 0 Å². The molecule has 0 aliphatic carbocycles. The van der Waals surface area contributed by atoms with E-state index in [9.17, 15) is 0 Å². The van der Waals surface area contributed by atoms with Crippen LogP contribution in [0, 0.1) is 0 Å². The molecule has 25 heavy (non-hydrogen) atoms. The monoisotopic (exact) mass is 327 g/mol. The minimum absolute atomic E-state index is 0.00273. The molecular weight excluding hydrogens is 302 g/mol. The lowest BCUT2D eigenvalue weighted by molar-refractivity contribution is 0.560. The van der Waals surface area contributed by atoms with Crippen molar-refractivity contribution in [3.05, 3.63) is 96.1 Å². The summed E-state index contributed by atoms with van der Waals surface area (Å²) in [4.78, 5) is 2.37. The number of anilines is 2. The van der Waals surface area contributed by atoms with Gasteiger partial charge in [-0.3, -0.25) is 0 Å². The number of hydrogen-bond acceptors (Lipinski definition) is 1. The molecule has 0 fully saturated rings. The number of para-hydroxylation sites is 1. The Labute approximate surface area is 151 Å². The van der Waals surface area contributed by atoms with Crippen LogP contribution in [0.5, 0.6) is 0 Å². The molecule has 0 N–H and O–H groups in total. The minimum Gasteiger partial charge on any atom is -0.336 e. The Morgan fingerprint density at radius 2 is 1.00 bits per heavy atom. The summed E-state index contributed by atoms with van der Waals surface area (Å²) in [7, 11) is 0. The highest BCUT2D eigenvalue weighted by Gasteiger charge is 2.23. The molecule has 0 amide bonds. The Morgan fingerprint density at radius 3 is 1.52 bits per heavy atom. The van der Waals surface area contributed by atoms with Gasteiger partial charge in [0, 0.05) is 16.9 Å². The van der Waals surface area contributed by atoms with Crippen LogP contribution < -0.4 is 4.90 Å². The maximum atomic E-state index is 2.37. The molecule has 0 aromatic heterocycles. The SMILES string of the molecule is CC(C)(C)N(c1ccccc1)c1ccc(/C=C/c2ccccc2)cc1. The van der Waals surface area contributed by atoms with Crippen molar-refractivity contribution in [1.82, 2.24) is 0 Å². The average molecular weight is 327 g/mol. The van der Waals surface area contributed by atoms with E-state index in [2.05, 4.69) is 117 Å². The van der Waals surface area contributed by atoms with Crippen LogP contribution in [0.15, 0.2) is 84.9 Å². The highest BCUT2D eigenvalue weighted by molar-refractivity contribution is 5.72. The van der Waals surface area contributed by atoms with Crippen molar-refractivity contribution in [3.8, 4) is 0 Å². The molecule has 3 rings (SSSR count). The van der Waals surface area contributed by atoms with Crippen molar-refractivity contribution in [2.45, 2.75) is 26.3 Å². The molecular formula is C24H25N. The molecule has 126 valence electrons. The average Bonchev–Trinajstić information content (AvgIpc) is 2.62. The Morgan fingerprint density at radius 1 is 0.560 bits per heavy atom. The summed E-state index contributed by atoms with van der Waals surface area (Å²) in [6.45, 7) is 6.72. The molecule has 0 aliphatic rings. The molecule has 0 radical (unpaired) electrons. The maximum absolute atomic E-state index is 2.37. The van der Waals surface area contributed by atoms with Gasteiger partial charge in [0.2, 0.25) is 0 Å². The van der Waals surface area contributed by atoms with Crippen LogP contribution in [-0.4, -0.2) is 5.54 Å². The lowest BCUT2D eigenvalue weighted by atomic mass is 10.0. The summed E-state index contributed by atoms with van der Waals surface area (Å²) < 4.78 is 0. The summed E-state index contributed by atoms with van der Waals surface area (Å²) >= 11 is 0. The van der Waals surface area contributed by atoms with E-state index >= 15 is 0 Å². The van der Waals surface area contributed by atoms with Crippen molar-refractivity contribution in [2.75, 3.05) is 4.90 Å². The summed E-state index contributed by atoms with van der Waals surface area (Å²) in [5.41, 5.74) is 4.84. The van der Waals surface area contributed by atoms with E-state index in [1.807, 2.05) is 6.07 Å². The quantitative estimate of drug-likeness (QED) is 0.477. The third-order valence-electron chi connectivity index (χ3n) is 4.10. The van der Waals surface area contributed by atoms with Crippen LogP contribution in [0.1, 0.15) is 31.9 Å². The van der Waals surface area contributed by atoms with Crippen molar-refractivity contribution in [3.63, 3.8) is 0 Å². The van der Waals surface area contributed by atoms with Crippen LogP contribution in [0.2, 0.25) is 0 Å². The second-order valence-corrected chi connectivity index (χ2v) is 7.18. The molecule has 0 saturated heterocycles. The predicted octanol–water partition coefficient (Wildman–Crippen LogP) is 6.79. The molecule has 1 heteroatoms. The third kappa shape index (κ3) is 4.39. The lowest BCUT2D eigenvalue weighted by Gasteiger charge is -2.38. The predicted molar refractivity (Wildman–Crippen MR) is 110 cm³/mol. The van der Waals surface area contributed by atoms with E-state index in [-0.39, 0.29) is 5.54 Å². The van der Waals surface area contributed by atoms with E-state index in [1.54, 1.807) is 0 Å². The molecule has 0 saturated carbocycles. The van der Waals surface area contributed by atoms with Crippen molar-refractivity contribution < 1.29 is 0 Å². The van der Waals surface area contributed by atoms with E-state index in [1.165, 1.54) is 22.5 Å². The lowest BCUT2D eigenvalue weighted by Crippen LogP contribution is -2.37. The van der Waals surface area contributed by atoms with E-state index in [0.29, 0.717) is 0 Å². The molecule has 0 unspecified atom stereocenters. The molecule has 3 aromatic carbocycles. The molecule has 0 atom stereocenters. The number of benzene rings is 3. The van der Waals surface area contributed by atoms with Crippen molar-refractivity contribution >= 4 is 23.5 Å². The van der Waals surface area contributed by atoms with E-state index < -0.39 is 0 Å². The van der Waals surface area contributed by atoms with Gasteiger partial charge in [-0.25, -0.2) is 0 Å². The standard InChI is InChI=1S/C24H25N/c1-24(2,3)25(22-12-8-5-9-13-22)23-18-16-21(17-19-23)15-14-20-10-6-4-7-11-20/h4-19H,1-3H3/b15-14+. The fraction of sp³-hybridized carbons (Fsp3) is 0.167. The van der Waals surface area contributed by atoms with Gasteiger partial charge in [-0.2, -0.15) is 0 Å². The number of hydrogen-bond donors (Lipinski definition) is 0. The smallest absolute Gasteiger partial charge is 0.0416 e. The van der Waals surface area contributed by atoms with Gasteiger partial charge in [-0.15, -0.1) is 0 Å². The molecule has 0 bridgehead atoms. The first kappa shape index (κ1) is 17.0. The summed E-state index contributed by atoms with van der Waals surface area (Å²) in [6, 6.07) is 29.7. The van der Waals surface area contributed by atoms with Gasteiger partial charge in [0.1, 0.15) is 0 Å². The molecule has 0 spiro atoms. The summed E-state index contributed by atoms with van der Waals surface area (Å²) in [6.07, 6.45) is 4.30. The normalized spacial score (nSPS) is 11.6. The number of rotatable bonds is 4. The second-order valence-electron chi connectivity index (χ2n) is 7.18. The first-order chi connectivity index (χ1) is 12.0. The van der Waals surface area contributed by atoms with Crippen LogP contribution in [0.25, 0.3) is 12.2 Å². The van der Waals surface area contributed by atoms with Gasteiger partial charge in [0.25, 0.3) is 0 Å². The van der Waals surface area contributed by atoms with Crippen molar-refractivity contribution in [2.24, 2.45) is 0 Å². The highest BCUT2D eigenvalue weighted by Crippen LogP contribution is 2.33. The van der Waals surface area contributed by atoms with Gasteiger partial charge in [0.15, 0.2) is 0 Å². The Bertz CT molecular complexity index is 809. The van der Waals surface area contributed by atoms with Gasteiger partial charge in [-0.05, 0) is 56.2 Å². The Balaban J connectivity index is 1.86. The highest BCUT2D eigenvalue weighted by atomic mass is 15.2. The maximum Gasteiger partial charge on any atom is 0.0416 e. The zero-order chi connectivity index (χ0) is 17.7. The van der Waals surface area contributed by atoms with Crippen LogP contribution in [-0.2, 0) is 0 Å². The van der Waals surface area contributed by atoms with Crippen LogP contribution in [0.3, 0.4) is 0 Å². The fourth-order valence-corrected chi connectivity index (χ4v) is 2.99. The van der Waals surface area contributed by atoms with Crippen LogP contribution >= 0.6 is 0 Å². The first-order valence-corrected chi connectivity index (χ1v) is 8.72. The fourth-order valence-electron chi connectivity index (χ4n) is 2.99. The zero-order valence-corrected chi connectivity index (χ0v) is 15.2. The molecule has 0 heterocycles. The summed E-state index contributed by atoms with van der Waals surface area (Å²) in [5.74, 6) is 0. The van der Waals surface area contributed by atoms with Crippen LogP contribution in [0.4, 0.5) is 11.4 Å². The minimum atomic E-state index is 0.00273. The Hall–Kier alpha value is -2.80. The topological polar surface area (TPSA) is 3.24 Å². The zero-order valence-electron chi connectivity index (χ0n) is 15.2.